The number of aromatic carboxylic acids is 1. The predicted molar refractivity (Wildman–Crippen MR) is 79.0 cm³/mol. The monoisotopic (exact) mass is 292 g/mol. The largest absolute Gasteiger partial charge is 0.478 e. The number of nitrogens with zero attached hydrogens (tertiary/aromatic N) is 2. The first-order chi connectivity index (χ1) is 9.47. The number of aryl methyl sites for hydroxylation is 1. The topological polar surface area (TPSA) is 55.1 Å². The Morgan fingerprint density at radius 2 is 2.05 bits per heavy atom. The molecule has 0 aliphatic carbocycles. The molecule has 0 bridgehead atoms. The zero-order valence-corrected chi connectivity index (χ0v) is 12.5. The molecule has 0 unspecified atom stereocenters. The van der Waals surface area contributed by atoms with Gasteiger partial charge in [-0.1, -0.05) is 50.6 Å². The summed E-state index contributed by atoms with van der Waals surface area (Å²) in [6, 6.07) is 7.75. The highest BCUT2D eigenvalue weighted by Gasteiger charge is 2.23. The molecule has 0 amide bonds. The molecule has 0 aliphatic rings. The Morgan fingerprint density at radius 3 is 2.55 bits per heavy atom. The van der Waals surface area contributed by atoms with Gasteiger partial charge in [-0.3, -0.25) is 0 Å². The Hall–Kier alpha value is -1.81. The van der Waals surface area contributed by atoms with E-state index in [4.69, 9.17) is 11.6 Å². The molecular weight excluding hydrogens is 276 g/mol. The molecule has 4 nitrogen and oxygen atoms in total. The number of para-hydroxylation sites is 1. The van der Waals surface area contributed by atoms with Crippen molar-refractivity contribution < 1.29 is 9.90 Å². The summed E-state index contributed by atoms with van der Waals surface area (Å²) in [6.07, 6.45) is 0.526. The van der Waals surface area contributed by atoms with Crippen LogP contribution in [0.15, 0.2) is 24.3 Å². The zero-order chi connectivity index (χ0) is 14.9. The number of hydrogen-bond acceptors (Lipinski definition) is 2. The second-order valence-electron chi connectivity index (χ2n) is 4.90. The number of aromatic nitrogens is 2. The molecule has 2 aromatic rings. The van der Waals surface area contributed by atoms with Crippen molar-refractivity contribution in [3.05, 3.63) is 46.2 Å². The number of rotatable bonds is 4. The van der Waals surface area contributed by atoms with Gasteiger partial charge in [0.1, 0.15) is 10.7 Å². The van der Waals surface area contributed by atoms with Gasteiger partial charge in [0.15, 0.2) is 0 Å². The van der Waals surface area contributed by atoms with Gasteiger partial charge in [0.05, 0.1) is 11.4 Å². The van der Waals surface area contributed by atoms with E-state index in [0.717, 1.165) is 11.3 Å². The van der Waals surface area contributed by atoms with Crippen LogP contribution in [0.5, 0.6) is 0 Å². The zero-order valence-electron chi connectivity index (χ0n) is 11.7. The number of halogens is 1. The van der Waals surface area contributed by atoms with Gasteiger partial charge in [0, 0.05) is 0 Å². The lowest BCUT2D eigenvalue weighted by Crippen LogP contribution is -2.03. The molecule has 5 heteroatoms. The number of carbonyl (C=O) groups is 1. The van der Waals surface area contributed by atoms with Crippen molar-refractivity contribution in [2.75, 3.05) is 0 Å². The Labute approximate surface area is 123 Å². The van der Waals surface area contributed by atoms with E-state index >= 15 is 0 Å². The molecular formula is C15H17ClN2O2. The molecule has 106 valence electrons. The van der Waals surface area contributed by atoms with Crippen molar-refractivity contribution in [1.29, 1.82) is 0 Å². The van der Waals surface area contributed by atoms with Gasteiger partial charge < -0.3 is 5.11 Å². The van der Waals surface area contributed by atoms with Gasteiger partial charge in [0.25, 0.3) is 0 Å². The molecule has 0 spiro atoms. The van der Waals surface area contributed by atoms with E-state index in [9.17, 15) is 9.90 Å². The van der Waals surface area contributed by atoms with Crippen LogP contribution in [-0.4, -0.2) is 20.9 Å². The normalized spacial score (nSPS) is 11.1. The van der Waals surface area contributed by atoms with Crippen LogP contribution < -0.4 is 0 Å². The quantitative estimate of drug-likeness (QED) is 0.929. The standard InChI is InChI=1S/C15H17ClN2O2/c1-4-11-13(15(19)20)14(16)18(17-11)12-8-6-5-7-10(12)9(2)3/h5-9H,4H2,1-3H3,(H,19,20). The molecule has 0 aliphatic heterocycles. The average Bonchev–Trinajstić information content (AvgIpc) is 2.75. The summed E-state index contributed by atoms with van der Waals surface area (Å²) in [6.45, 7) is 6.02. The molecule has 20 heavy (non-hydrogen) atoms. The fourth-order valence-corrected chi connectivity index (χ4v) is 2.55. The van der Waals surface area contributed by atoms with E-state index in [1.807, 2.05) is 31.2 Å². The predicted octanol–water partition coefficient (Wildman–Crippen LogP) is 3.91. The first-order valence-electron chi connectivity index (χ1n) is 6.57. The molecule has 2 rings (SSSR count). The van der Waals surface area contributed by atoms with E-state index < -0.39 is 5.97 Å². The molecule has 1 N–H and O–H groups in total. The Balaban J connectivity index is 2.68. The summed E-state index contributed by atoms with van der Waals surface area (Å²) in [4.78, 5) is 11.3. The lowest BCUT2D eigenvalue weighted by molar-refractivity contribution is 0.0696. The van der Waals surface area contributed by atoms with Crippen LogP contribution in [0.25, 0.3) is 5.69 Å². The minimum Gasteiger partial charge on any atom is -0.478 e. The first-order valence-corrected chi connectivity index (χ1v) is 6.95. The highest BCUT2D eigenvalue weighted by atomic mass is 35.5. The third kappa shape index (κ3) is 2.43. The maximum absolute atomic E-state index is 11.3. The second-order valence-corrected chi connectivity index (χ2v) is 5.25. The first kappa shape index (κ1) is 14.6. The maximum Gasteiger partial charge on any atom is 0.340 e. The molecule has 1 aromatic carbocycles. The fraction of sp³-hybridized carbons (Fsp3) is 0.333. The second kappa shape index (κ2) is 5.67. The highest BCUT2D eigenvalue weighted by molar-refractivity contribution is 6.33. The fourth-order valence-electron chi connectivity index (χ4n) is 2.23. The summed E-state index contributed by atoms with van der Waals surface area (Å²) in [5.74, 6) is -0.745. The molecule has 0 fully saturated rings. The Kier molecular flexibility index (Phi) is 4.14. The molecule has 1 heterocycles. The van der Waals surface area contributed by atoms with E-state index in [2.05, 4.69) is 18.9 Å². The van der Waals surface area contributed by atoms with Crippen molar-refractivity contribution >= 4 is 17.6 Å². The third-order valence-electron chi connectivity index (χ3n) is 3.24. The Bertz CT molecular complexity index is 647. The van der Waals surface area contributed by atoms with Gasteiger partial charge >= 0.3 is 5.97 Å². The summed E-state index contributed by atoms with van der Waals surface area (Å²) in [5.41, 5.74) is 2.50. The summed E-state index contributed by atoms with van der Waals surface area (Å²) >= 11 is 6.23. The van der Waals surface area contributed by atoms with E-state index in [-0.39, 0.29) is 10.7 Å². The molecule has 0 atom stereocenters. The summed E-state index contributed by atoms with van der Waals surface area (Å²) < 4.78 is 1.53. The van der Waals surface area contributed by atoms with Crippen LogP contribution in [0.2, 0.25) is 5.15 Å². The number of benzene rings is 1. The van der Waals surface area contributed by atoms with Crippen LogP contribution >= 0.6 is 11.6 Å². The van der Waals surface area contributed by atoms with Crippen LogP contribution in [0.4, 0.5) is 0 Å². The van der Waals surface area contributed by atoms with Crippen molar-refractivity contribution in [1.82, 2.24) is 9.78 Å². The minimum absolute atomic E-state index is 0.0905. The van der Waals surface area contributed by atoms with Gasteiger partial charge in [-0.2, -0.15) is 5.10 Å². The number of hydrogen-bond donors (Lipinski definition) is 1. The molecule has 0 radical (unpaired) electrons. The third-order valence-corrected chi connectivity index (χ3v) is 3.59. The van der Waals surface area contributed by atoms with Crippen LogP contribution in [0.1, 0.15) is 48.3 Å². The van der Waals surface area contributed by atoms with Gasteiger partial charge in [-0.25, -0.2) is 9.48 Å². The maximum atomic E-state index is 11.3. The van der Waals surface area contributed by atoms with Crippen molar-refractivity contribution in [3.63, 3.8) is 0 Å². The van der Waals surface area contributed by atoms with Crippen LogP contribution in [0.3, 0.4) is 0 Å². The smallest absolute Gasteiger partial charge is 0.340 e. The SMILES string of the molecule is CCc1nn(-c2ccccc2C(C)C)c(Cl)c1C(=O)O. The molecule has 1 aromatic heterocycles. The molecule has 0 saturated carbocycles. The van der Waals surface area contributed by atoms with Crippen LogP contribution in [0, 0.1) is 0 Å². The highest BCUT2D eigenvalue weighted by Crippen LogP contribution is 2.29. The summed E-state index contributed by atoms with van der Waals surface area (Å²) in [5, 5.41) is 13.8. The minimum atomic E-state index is -1.04. The van der Waals surface area contributed by atoms with Crippen molar-refractivity contribution in [2.45, 2.75) is 33.1 Å². The molecule has 0 saturated heterocycles. The van der Waals surface area contributed by atoms with E-state index in [1.54, 1.807) is 0 Å². The lowest BCUT2D eigenvalue weighted by atomic mass is 10.0. The van der Waals surface area contributed by atoms with E-state index in [0.29, 0.717) is 18.0 Å². The lowest BCUT2D eigenvalue weighted by Gasteiger charge is -2.13. The average molecular weight is 293 g/mol. The van der Waals surface area contributed by atoms with Gasteiger partial charge in [0.2, 0.25) is 0 Å². The number of carboxylic acid groups (broad SMARTS) is 1. The van der Waals surface area contributed by atoms with Crippen LogP contribution in [-0.2, 0) is 6.42 Å². The van der Waals surface area contributed by atoms with Gasteiger partial charge in [-0.15, -0.1) is 0 Å². The summed E-state index contributed by atoms with van der Waals surface area (Å²) in [7, 11) is 0. The van der Waals surface area contributed by atoms with E-state index in [1.165, 1.54) is 4.68 Å². The van der Waals surface area contributed by atoms with Crippen molar-refractivity contribution in [2.24, 2.45) is 0 Å². The number of carboxylic acids is 1. The Morgan fingerprint density at radius 1 is 1.40 bits per heavy atom. The van der Waals surface area contributed by atoms with Gasteiger partial charge in [-0.05, 0) is 24.0 Å². The van der Waals surface area contributed by atoms with Crippen molar-refractivity contribution in [3.8, 4) is 5.69 Å².